The molecule has 0 aliphatic rings. The Morgan fingerprint density at radius 2 is 2.11 bits per heavy atom. The molecule has 3 rings (SSSR count). The third-order valence-corrected chi connectivity index (χ3v) is 3.80. The number of H-pyrrole nitrogens is 1. The highest BCUT2D eigenvalue weighted by Crippen LogP contribution is 2.19. The predicted molar refractivity (Wildman–Crippen MR) is 78.3 cm³/mol. The molecule has 0 radical (unpaired) electrons. The summed E-state index contributed by atoms with van der Waals surface area (Å²) in [5.74, 6) is 0. The highest BCUT2D eigenvalue weighted by molar-refractivity contribution is 5.81. The molecule has 98 valence electrons. The lowest BCUT2D eigenvalue weighted by Gasteiger charge is -2.07. The Kier molecular flexibility index (Phi) is 2.78. The lowest BCUT2D eigenvalue weighted by atomic mass is 10.2. The Bertz CT molecular complexity index is 721. The van der Waals surface area contributed by atoms with Gasteiger partial charge in [0.15, 0.2) is 0 Å². The minimum atomic E-state index is 0.840. The van der Waals surface area contributed by atoms with E-state index in [1.165, 1.54) is 17.0 Å². The number of fused-ring (bicyclic) bond motifs is 1. The van der Waals surface area contributed by atoms with Crippen LogP contribution in [0.15, 0.2) is 30.5 Å². The summed E-state index contributed by atoms with van der Waals surface area (Å²) in [5, 5.41) is 11.6. The lowest BCUT2D eigenvalue weighted by molar-refractivity contribution is 0.837. The van der Waals surface area contributed by atoms with Gasteiger partial charge in [-0.05, 0) is 43.7 Å². The van der Waals surface area contributed by atoms with Crippen molar-refractivity contribution >= 4 is 16.6 Å². The third kappa shape index (κ3) is 2.10. The molecule has 4 nitrogen and oxygen atoms in total. The molecule has 0 fully saturated rings. The van der Waals surface area contributed by atoms with Gasteiger partial charge in [-0.25, -0.2) is 0 Å². The maximum absolute atomic E-state index is 4.03. The van der Waals surface area contributed by atoms with E-state index in [0.717, 1.165) is 23.1 Å². The monoisotopic (exact) mass is 254 g/mol. The fourth-order valence-electron chi connectivity index (χ4n) is 2.36. The molecule has 1 aromatic carbocycles. The van der Waals surface area contributed by atoms with Crippen molar-refractivity contribution in [2.24, 2.45) is 7.05 Å². The van der Waals surface area contributed by atoms with E-state index in [9.17, 15) is 0 Å². The number of aromatic amines is 1. The second kappa shape index (κ2) is 4.46. The summed E-state index contributed by atoms with van der Waals surface area (Å²) in [6.45, 7) is 5.13. The first kappa shape index (κ1) is 11.8. The van der Waals surface area contributed by atoms with Crippen molar-refractivity contribution in [3.05, 3.63) is 47.4 Å². The van der Waals surface area contributed by atoms with Crippen LogP contribution in [0.3, 0.4) is 0 Å². The standard InChI is InChI=1S/C15H18N4/c1-10-6-13(11(2)19(10)3)8-16-14-5-4-12-9-17-18-15(12)7-14/h4-7,9,16H,8H2,1-3H3,(H,17,18). The van der Waals surface area contributed by atoms with Crippen LogP contribution < -0.4 is 5.32 Å². The van der Waals surface area contributed by atoms with Gasteiger partial charge < -0.3 is 9.88 Å². The molecule has 0 spiro atoms. The molecule has 0 atom stereocenters. The van der Waals surface area contributed by atoms with Crippen molar-refractivity contribution in [1.82, 2.24) is 14.8 Å². The Morgan fingerprint density at radius 3 is 2.84 bits per heavy atom. The topological polar surface area (TPSA) is 45.6 Å². The van der Waals surface area contributed by atoms with Crippen LogP contribution in [0.5, 0.6) is 0 Å². The van der Waals surface area contributed by atoms with Gasteiger partial charge in [-0.15, -0.1) is 0 Å². The zero-order chi connectivity index (χ0) is 13.4. The highest BCUT2D eigenvalue weighted by Gasteiger charge is 2.06. The minimum absolute atomic E-state index is 0.840. The SMILES string of the molecule is Cc1cc(CNc2ccc3cn[nH]c3c2)c(C)n1C. The van der Waals surface area contributed by atoms with Crippen molar-refractivity contribution in [2.45, 2.75) is 20.4 Å². The molecular weight excluding hydrogens is 236 g/mol. The fraction of sp³-hybridized carbons (Fsp3) is 0.267. The molecule has 4 heteroatoms. The van der Waals surface area contributed by atoms with Gasteiger partial charge in [0, 0.05) is 36.1 Å². The minimum Gasteiger partial charge on any atom is -0.381 e. The number of aryl methyl sites for hydroxylation is 1. The number of benzene rings is 1. The van der Waals surface area contributed by atoms with Crippen molar-refractivity contribution in [3.8, 4) is 0 Å². The van der Waals surface area contributed by atoms with Gasteiger partial charge in [0.25, 0.3) is 0 Å². The van der Waals surface area contributed by atoms with Gasteiger partial charge >= 0.3 is 0 Å². The van der Waals surface area contributed by atoms with E-state index in [0.29, 0.717) is 0 Å². The molecule has 0 amide bonds. The molecule has 2 heterocycles. The highest BCUT2D eigenvalue weighted by atomic mass is 15.1. The first-order valence-corrected chi connectivity index (χ1v) is 6.44. The molecule has 0 aliphatic heterocycles. The molecule has 3 aromatic rings. The lowest BCUT2D eigenvalue weighted by Crippen LogP contribution is -2.01. The van der Waals surface area contributed by atoms with Crippen LogP contribution in [0.2, 0.25) is 0 Å². The molecule has 2 N–H and O–H groups in total. The van der Waals surface area contributed by atoms with Crippen LogP contribution in [0, 0.1) is 13.8 Å². The quantitative estimate of drug-likeness (QED) is 0.754. The average molecular weight is 254 g/mol. The van der Waals surface area contributed by atoms with Gasteiger partial charge in [0.2, 0.25) is 0 Å². The van der Waals surface area contributed by atoms with Crippen molar-refractivity contribution in [3.63, 3.8) is 0 Å². The van der Waals surface area contributed by atoms with Crippen molar-refractivity contribution in [2.75, 3.05) is 5.32 Å². The summed E-state index contributed by atoms with van der Waals surface area (Å²) in [4.78, 5) is 0. The normalized spacial score (nSPS) is 11.1. The van der Waals surface area contributed by atoms with E-state index in [4.69, 9.17) is 0 Å². The second-order valence-electron chi connectivity index (χ2n) is 4.98. The molecule has 19 heavy (non-hydrogen) atoms. The Hall–Kier alpha value is -2.23. The first-order valence-electron chi connectivity index (χ1n) is 6.44. The average Bonchev–Trinajstić information content (AvgIpc) is 2.96. The number of hydrogen-bond donors (Lipinski definition) is 2. The summed E-state index contributed by atoms with van der Waals surface area (Å²) < 4.78 is 2.22. The second-order valence-corrected chi connectivity index (χ2v) is 4.98. The maximum Gasteiger partial charge on any atom is 0.0670 e. The molecular formula is C15H18N4. The maximum atomic E-state index is 4.03. The first-order chi connectivity index (χ1) is 9.15. The van der Waals surface area contributed by atoms with Crippen LogP contribution in [0.1, 0.15) is 17.0 Å². The Morgan fingerprint density at radius 1 is 1.26 bits per heavy atom. The molecule has 0 aliphatic carbocycles. The van der Waals surface area contributed by atoms with Crippen molar-refractivity contribution < 1.29 is 0 Å². The number of nitrogens with zero attached hydrogens (tertiary/aromatic N) is 2. The largest absolute Gasteiger partial charge is 0.381 e. The number of hydrogen-bond acceptors (Lipinski definition) is 2. The fourth-order valence-corrected chi connectivity index (χ4v) is 2.36. The van der Waals surface area contributed by atoms with Gasteiger partial charge in [0.1, 0.15) is 0 Å². The molecule has 0 saturated heterocycles. The summed E-state index contributed by atoms with van der Waals surface area (Å²) in [6.07, 6.45) is 1.84. The summed E-state index contributed by atoms with van der Waals surface area (Å²) in [6, 6.07) is 8.48. The van der Waals surface area contributed by atoms with E-state index >= 15 is 0 Å². The van der Waals surface area contributed by atoms with E-state index in [2.05, 4.69) is 65.2 Å². The van der Waals surface area contributed by atoms with Crippen LogP contribution in [0.4, 0.5) is 5.69 Å². The van der Waals surface area contributed by atoms with Gasteiger partial charge in [-0.2, -0.15) is 5.10 Å². The molecule has 0 saturated carbocycles. The summed E-state index contributed by atoms with van der Waals surface area (Å²) in [7, 11) is 2.10. The third-order valence-electron chi connectivity index (χ3n) is 3.80. The molecule has 0 unspecified atom stereocenters. The number of rotatable bonds is 3. The van der Waals surface area contributed by atoms with Gasteiger partial charge in [-0.3, -0.25) is 5.10 Å². The van der Waals surface area contributed by atoms with E-state index < -0.39 is 0 Å². The summed E-state index contributed by atoms with van der Waals surface area (Å²) in [5.41, 5.74) is 6.11. The van der Waals surface area contributed by atoms with Crippen LogP contribution in [-0.4, -0.2) is 14.8 Å². The summed E-state index contributed by atoms with van der Waals surface area (Å²) >= 11 is 0. The van der Waals surface area contributed by atoms with E-state index in [1.54, 1.807) is 0 Å². The smallest absolute Gasteiger partial charge is 0.0670 e. The van der Waals surface area contributed by atoms with Crippen LogP contribution in [0.25, 0.3) is 10.9 Å². The number of aromatic nitrogens is 3. The Balaban J connectivity index is 1.79. The molecule has 0 bridgehead atoms. The molecule has 2 aromatic heterocycles. The van der Waals surface area contributed by atoms with Gasteiger partial charge in [0.05, 0.1) is 11.7 Å². The van der Waals surface area contributed by atoms with E-state index in [-0.39, 0.29) is 0 Å². The van der Waals surface area contributed by atoms with Crippen LogP contribution in [-0.2, 0) is 13.6 Å². The predicted octanol–water partition coefficient (Wildman–Crippen LogP) is 3.13. The number of anilines is 1. The number of nitrogens with one attached hydrogen (secondary N) is 2. The van der Waals surface area contributed by atoms with Gasteiger partial charge in [-0.1, -0.05) is 0 Å². The van der Waals surface area contributed by atoms with E-state index in [1.807, 2.05) is 6.20 Å². The zero-order valence-corrected chi connectivity index (χ0v) is 11.5. The zero-order valence-electron chi connectivity index (χ0n) is 11.5. The Labute approximate surface area is 112 Å². The van der Waals surface area contributed by atoms with Crippen LogP contribution >= 0.6 is 0 Å². The van der Waals surface area contributed by atoms with Crippen molar-refractivity contribution in [1.29, 1.82) is 0 Å².